The van der Waals surface area contributed by atoms with E-state index in [-0.39, 0.29) is 0 Å². The van der Waals surface area contributed by atoms with Crippen molar-refractivity contribution in [1.29, 1.82) is 0 Å². The zero-order chi connectivity index (χ0) is 11.8. The third-order valence-electron chi connectivity index (χ3n) is 3.53. The summed E-state index contributed by atoms with van der Waals surface area (Å²) < 4.78 is 2.03. The molecule has 1 aliphatic carbocycles. The molecule has 0 atom stereocenters. The molecular weight excluding hydrogens is 234 g/mol. The van der Waals surface area contributed by atoms with Crippen molar-refractivity contribution in [3.8, 4) is 0 Å². The molecule has 0 aliphatic heterocycles. The molecule has 0 saturated carbocycles. The molecule has 3 nitrogen and oxygen atoms in total. The van der Waals surface area contributed by atoms with Crippen LogP contribution in [-0.4, -0.2) is 14.8 Å². The largest absolute Gasteiger partial charge is 0.317 e. The van der Waals surface area contributed by atoms with Crippen LogP contribution in [0.5, 0.6) is 0 Å². The second-order valence-corrected chi connectivity index (χ2v) is 4.81. The van der Waals surface area contributed by atoms with E-state index in [0.717, 1.165) is 24.5 Å². The Morgan fingerprint density at radius 3 is 2.41 bits per heavy atom. The first-order chi connectivity index (χ1) is 8.29. The lowest BCUT2D eigenvalue weighted by atomic mass is 10.1. The quantitative estimate of drug-likeness (QED) is 0.764. The third-order valence-corrected chi connectivity index (χ3v) is 3.77. The van der Waals surface area contributed by atoms with Crippen molar-refractivity contribution >= 4 is 11.6 Å². The standard InChI is InChI=1S/C13H14ClN3/c1-17-12(8-14)15-16-13(17)11-6-9-4-2-3-5-10(9)7-11/h2-5,11H,6-8H2,1H3. The van der Waals surface area contributed by atoms with Crippen molar-refractivity contribution in [3.63, 3.8) is 0 Å². The summed E-state index contributed by atoms with van der Waals surface area (Å²) >= 11 is 5.82. The summed E-state index contributed by atoms with van der Waals surface area (Å²) in [5.74, 6) is 2.76. The van der Waals surface area contributed by atoms with Gasteiger partial charge in [0.15, 0.2) is 0 Å². The molecule has 0 N–H and O–H groups in total. The fourth-order valence-corrected chi connectivity index (χ4v) is 2.82. The van der Waals surface area contributed by atoms with Gasteiger partial charge in [-0.05, 0) is 24.0 Å². The molecule has 1 aromatic carbocycles. The Balaban J connectivity index is 1.91. The van der Waals surface area contributed by atoms with E-state index in [0.29, 0.717) is 11.8 Å². The van der Waals surface area contributed by atoms with Crippen LogP contribution in [-0.2, 0) is 25.8 Å². The van der Waals surface area contributed by atoms with E-state index in [1.165, 1.54) is 11.1 Å². The Morgan fingerprint density at radius 1 is 1.24 bits per heavy atom. The van der Waals surface area contributed by atoms with Gasteiger partial charge in [0.05, 0.1) is 5.88 Å². The Bertz CT molecular complexity index is 522. The highest BCUT2D eigenvalue weighted by atomic mass is 35.5. The smallest absolute Gasteiger partial charge is 0.147 e. The molecular formula is C13H14ClN3. The van der Waals surface area contributed by atoms with Crippen LogP contribution in [0.2, 0.25) is 0 Å². The number of hydrogen-bond donors (Lipinski definition) is 0. The Morgan fingerprint density at radius 2 is 1.88 bits per heavy atom. The number of nitrogens with zero attached hydrogens (tertiary/aromatic N) is 3. The average molecular weight is 248 g/mol. The maximum atomic E-state index is 5.82. The molecule has 0 spiro atoms. The number of hydrogen-bond acceptors (Lipinski definition) is 2. The fraction of sp³-hybridized carbons (Fsp3) is 0.385. The van der Waals surface area contributed by atoms with Crippen LogP contribution in [0.15, 0.2) is 24.3 Å². The van der Waals surface area contributed by atoms with E-state index < -0.39 is 0 Å². The van der Waals surface area contributed by atoms with Crippen molar-refractivity contribution < 1.29 is 0 Å². The van der Waals surface area contributed by atoms with E-state index in [1.807, 2.05) is 11.6 Å². The molecule has 17 heavy (non-hydrogen) atoms. The fourth-order valence-electron chi connectivity index (χ4n) is 2.59. The van der Waals surface area contributed by atoms with Gasteiger partial charge in [-0.1, -0.05) is 24.3 Å². The van der Waals surface area contributed by atoms with Crippen molar-refractivity contribution in [2.75, 3.05) is 0 Å². The molecule has 0 fully saturated rings. The molecule has 0 unspecified atom stereocenters. The van der Waals surface area contributed by atoms with Crippen LogP contribution in [0.25, 0.3) is 0 Å². The van der Waals surface area contributed by atoms with Gasteiger partial charge in [0.2, 0.25) is 0 Å². The van der Waals surface area contributed by atoms with E-state index in [2.05, 4.69) is 34.5 Å². The van der Waals surface area contributed by atoms with Crippen LogP contribution in [0.1, 0.15) is 28.7 Å². The lowest BCUT2D eigenvalue weighted by Gasteiger charge is -2.08. The number of alkyl halides is 1. The molecule has 3 rings (SSSR count). The molecule has 0 amide bonds. The molecule has 1 aliphatic rings. The maximum absolute atomic E-state index is 5.82. The Labute approximate surface area is 105 Å². The van der Waals surface area contributed by atoms with Crippen molar-refractivity contribution in [1.82, 2.24) is 14.8 Å². The SMILES string of the molecule is Cn1c(CCl)nnc1C1Cc2ccccc2C1. The van der Waals surface area contributed by atoms with E-state index in [9.17, 15) is 0 Å². The highest BCUT2D eigenvalue weighted by Gasteiger charge is 2.26. The highest BCUT2D eigenvalue weighted by molar-refractivity contribution is 6.16. The minimum atomic E-state index is 0.420. The van der Waals surface area contributed by atoms with Crippen LogP contribution in [0.4, 0.5) is 0 Å². The molecule has 2 aromatic rings. The van der Waals surface area contributed by atoms with Crippen LogP contribution >= 0.6 is 11.6 Å². The minimum absolute atomic E-state index is 0.420. The predicted octanol–water partition coefficient (Wildman–Crippen LogP) is 2.44. The molecule has 4 heteroatoms. The number of fused-ring (bicyclic) bond motifs is 1. The molecule has 1 aromatic heterocycles. The maximum Gasteiger partial charge on any atom is 0.147 e. The first-order valence-electron chi connectivity index (χ1n) is 5.80. The van der Waals surface area contributed by atoms with E-state index in [1.54, 1.807) is 0 Å². The number of halogens is 1. The predicted molar refractivity (Wildman–Crippen MR) is 67.2 cm³/mol. The van der Waals surface area contributed by atoms with Crippen LogP contribution in [0, 0.1) is 0 Å². The second kappa shape index (κ2) is 4.15. The number of rotatable bonds is 2. The molecule has 0 saturated heterocycles. The first kappa shape index (κ1) is 10.8. The number of aromatic nitrogens is 3. The van der Waals surface area contributed by atoms with Crippen molar-refractivity contribution in [2.45, 2.75) is 24.6 Å². The Kier molecular flexibility index (Phi) is 2.63. The number of benzene rings is 1. The van der Waals surface area contributed by atoms with Gasteiger partial charge in [-0.25, -0.2) is 0 Å². The highest BCUT2D eigenvalue weighted by Crippen LogP contribution is 2.32. The summed E-state index contributed by atoms with van der Waals surface area (Å²) in [6.07, 6.45) is 2.12. The van der Waals surface area contributed by atoms with Gasteiger partial charge in [-0.15, -0.1) is 21.8 Å². The van der Waals surface area contributed by atoms with E-state index in [4.69, 9.17) is 11.6 Å². The van der Waals surface area contributed by atoms with Gasteiger partial charge >= 0.3 is 0 Å². The second-order valence-electron chi connectivity index (χ2n) is 4.54. The van der Waals surface area contributed by atoms with Gasteiger partial charge in [0, 0.05) is 13.0 Å². The molecule has 1 heterocycles. The van der Waals surface area contributed by atoms with Gasteiger partial charge < -0.3 is 4.57 Å². The summed E-state index contributed by atoms with van der Waals surface area (Å²) in [7, 11) is 2.00. The van der Waals surface area contributed by atoms with Crippen LogP contribution < -0.4 is 0 Å². The lowest BCUT2D eigenvalue weighted by Crippen LogP contribution is -2.07. The lowest BCUT2D eigenvalue weighted by molar-refractivity contribution is 0.636. The Hall–Kier alpha value is -1.35. The van der Waals surface area contributed by atoms with Crippen LogP contribution in [0.3, 0.4) is 0 Å². The normalized spacial score (nSPS) is 15.2. The zero-order valence-corrected chi connectivity index (χ0v) is 10.5. The first-order valence-corrected chi connectivity index (χ1v) is 6.34. The van der Waals surface area contributed by atoms with Crippen molar-refractivity contribution in [2.24, 2.45) is 7.05 Å². The van der Waals surface area contributed by atoms with E-state index >= 15 is 0 Å². The molecule has 88 valence electrons. The molecule has 0 bridgehead atoms. The third kappa shape index (κ3) is 1.75. The van der Waals surface area contributed by atoms with Gasteiger partial charge in [-0.2, -0.15) is 0 Å². The van der Waals surface area contributed by atoms with Gasteiger partial charge in [0.25, 0.3) is 0 Å². The average Bonchev–Trinajstić information content (AvgIpc) is 2.91. The zero-order valence-electron chi connectivity index (χ0n) is 9.73. The summed E-state index contributed by atoms with van der Waals surface area (Å²) in [4.78, 5) is 0. The monoisotopic (exact) mass is 247 g/mol. The summed E-state index contributed by atoms with van der Waals surface area (Å²) in [5.41, 5.74) is 2.88. The topological polar surface area (TPSA) is 30.7 Å². The molecule has 0 radical (unpaired) electrons. The van der Waals surface area contributed by atoms with Gasteiger partial charge in [0.1, 0.15) is 11.6 Å². The summed E-state index contributed by atoms with van der Waals surface area (Å²) in [6.45, 7) is 0. The minimum Gasteiger partial charge on any atom is -0.317 e. The van der Waals surface area contributed by atoms with Crippen molar-refractivity contribution in [3.05, 3.63) is 47.0 Å². The summed E-state index contributed by atoms with van der Waals surface area (Å²) in [6, 6.07) is 8.60. The van der Waals surface area contributed by atoms with Gasteiger partial charge in [-0.3, -0.25) is 0 Å². The summed E-state index contributed by atoms with van der Waals surface area (Å²) in [5, 5.41) is 8.40.